The Balaban J connectivity index is 0.00000128. The molecule has 2 rings (SSSR count). The van der Waals surface area contributed by atoms with Gasteiger partial charge in [0.15, 0.2) is 0 Å². The van der Waals surface area contributed by atoms with Gasteiger partial charge >= 0.3 is 0 Å². The summed E-state index contributed by atoms with van der Waals surface area (Å²) in [6.45, 7) is 5.66. The van der Waals surface area contributed by atoms with Crippen LogP contribution in [0.25, 0.3) is 0 Å². The summed E-state index contributed by atoms with van der Waals surface area (Å²) in [5.41, 5.74) is 7.97. The maximum absolute atomic E-state index is 5.77. The molecule has 0 unspecified atom stereocenters. The number of nitrogen functional groups attached to an aromatic ring is 1. The van der Waals surface area contributed by atoms with E-state index in [1.807, 2.05) is 12.1 Å². The summed E-state index contributed by atoms with van der Waals surface area (Å²) in [5, 5.41) is 0. The number of hydrogen-bond donors (Lipinski definition) is 1. The highest BCUT2D eigenvalue weighted by atomic mass is 35.5. The minimum Gasteiger partial charge on any atom is -0.399 e. The third-order valence-electron chi connectivity index (χ3n) is 3.02. The summed E-state index contributed by atoms with van der Waals surface area (Å²) in [6.07, 6.45) is 2.85. The number of nitrogens with zero attached hydrogens (tertiary/aromatic N) is 1. The highest BCUT2D eigenvalue weighted by Crippen LogP contribution is 2.30. The van der Waals surface area contributed by atoms with Crippen LogP contribution in [0.4, 0.5) is 5.69 Å². The lowest BCUT2D eigenvalue weighted by Crippen LogP contribution is -2.25. The molecule has 0 spiro atoms. The number of rotatable bonds is 5. The Bertz CT molecular complexity index is 323. The van der Waals surface area contributed by atoms with Crippen molar-refractivity contribution in [1.82, 2.24) is 4.90 Å². The Morgan fingerprint density at radius 2 is 2.12 bits per heavy atom. The molecular formula is C13H21ClN2. The molecule has 1 aromatic rings. The second-order valence-corrected chi connectivity index (χ2v) is 4.52. The molecule has 2 nitrogen and oxygen atoms in total. The van der Waals surface area contributed by atoms with Gasteiger partial charge in [0.05, 0.1) is 0 Å². The summed E-state index contributed by atoms with van der Waals surface area (Å²) in [5.74, 6) is 0.964. The van der Waals surface area contributed by atoms with Crippen molar-refractivity contribution < 1.29 is 0 Å². The quantitative estimate of drug-likeness (QED) is 0.802. The van der Waals surface area contributed by atoms with Crippen molar-refractivity contribution >= 4 is 18.1 Å². The molecule has 0 amide bonds. The Labute approximate surface area is 104 Å². The molecule has 2 N–H and O–H groups in total. The maximum Gasteiger partial charge on any atom is 0.0317 e. The molecule has 0 bridgehead atoms. The van der Waals surface area contributed by atoms with Gasteiger partial charge in [-0.2, -0.15) is 0 Å². The standard InChI is InChI=1S/C13H20N2.ClH/c1-2-15(9-11-6-7-11)10-12-4-3-5-13(14)8-12;/h3-5,8,11H,2,6-7,9-10,14H2,1H3;1H. The number of halogens is 1. The zero-order valence-electron chi connectivity index (χ0n) is 9.86. The van der Waals surface area contributed by atoms with Crippen molar-refractivity contribution in [3.05, 3.63) is 29.8 Å². The van der Waals surface area contributed by atoms with E-state index in [2.05, 4.69) is 24.0 Å². The average molecular weight is 241 g/mol. The zero-order valence-corrected chi connectivity index (χ0v) is 10.7. The Morgan fingerprint density at radius 3 is 2.69 bits per heavy atom. The Morgan fingerprint density at radius 1 is 1.38 bits per heavy atom. The van der Waals surface area contributed by atoms with Gasteiger partial charge < -0.3 is 5.73 Å². The fourth-order valence-electron chi connectivity index (χ4n) is 1.92. The average Bonchev–Trinajstić information content (AvgIpc) is 3.01. The van der Waals surface area contributed by atoms with Crippen LogP contribution in [-0.4, -0.2) is 18.0 Å². The predicted octanol–water partition coefficient (Wildman–Crippen LogP) is 2.92. The smallest absolute Gasteiger partial charge is 0.0317 e. The van der Waals surface area contributed by atoms with Crippen LogP contribution in [0.1, 0.15) is 25.3 Å². The van der Waals surface area contributed by atoms with Crippen molar-refractivity contribution in [1.29, 1.82) is 0 Å². The number of hydrogen-bond acceptors (Lipinski definition) is 2. The van der Waals surface area contributed by atoms with Crippen LogP contribution in [-0.2, 0) is 6.54 Å². The van der Waals surface area contributed by atoms with E-state index in [9.17, 15) is 0 Å². The Kier molecular flexibility index (Phi) is 5.10. The van der Waals surface area contributed by atoms with Gasteiger partial charge in [0.2, 0.25) is 0 Å². The third kappa shape index (κ3) is 4.03. The van der Waals surface area contributed by atoms with E-state index in [0.29, 0.717) is 0 Å². The van der Waals surface area contributed by atoms with Gasteiger partial charge in [-0.05, 0) is 43.0 Å². The topological polar surface area (TPSA) is 29.3 Å². The van der Waals surface area contributed by atoms with Gasteiger partial charge in [-0.3, -0.25) is 4.90 Å². The lowest BCUT2D eigenvalue weighted by molar-refractivity contribution is 0.268. The molecule has 0 atom stereocenters. The summed E-state index contributed by atoms with van der Waals surface area (Å²) < 4.78 is 0. The molecule has 3 heteroatoms. The molecule has 1 saturated carbocycles. The molecule has 0 aromatic heterocycles. The second kappa shape index (κ2) is 6.12. The van der Waals surface area contributed by atoms with Crippen molar-refractivity contribution in [3.8, 4) is 0 Å². The monoisotopic (exact) mass is 240 g/mol. The summed E-state index contributed by atoms with van der Waals surface area (Å²) in [4.78, 5) is 2.51. The minimum absolute atomic E-state index is 0. The number of anilines is 1. The van der Waals surface area contributed by atoms with E-state index in [4.69, 9.17) is 5.73 Å². The molecule has 1 aromatic carbocycles. The van der Waals surface area contributed by atoms with Crippen LogP contribution in [0, 0.1) is 5.92 Å². The number of benzene rings is 1. The molecule has 1 aliphatic carbocycles. The SMILES string of the molecule is CCN(Cc1cccc(N)c1)CC1CC1.Cl. The highest BCUT2D eigenvalue weighted by Gasteiger charge is 2.23. The summed E-state index contributed by atoms with van der Waals surface area (Å²) in [7, 11) is 0. The van der Waals surface area contributed by atoms with Gasteiger partial charge in [-0.15, -0.1) is 12.4 Å². The van der Waals surface area contributed by atoms with Crippen molar-refractivity contribution in [2.75, 3.05) is 18.8 Å². The second-order valence-electron chi connectivity index (χ2n) is 4.52. The molecule has 90 valence electrons. The first-order chi connectivity index (χ1) is 7.28. The molecule has 1 aliphatic rings. The van der Waals surface area contributed by atoms with Gasteiger partial charge in [0.1, 0.15) is 0 Å². The lowest BCUT2D eigenvalue weighted by Gasteiger charge is -2.20. The van der Waals surface area contributed by atoms with E-state index in [1.165, 1.54) is 24.9 Å². The van der Waals surface area contributed by atoms with E-state index in [1.54, 1.807) is 0 Å². The zero-order chi connectivity index (χ0) is 10.7. The molecule has 0 radical (unpaired) electrons. The van der Waals surface area contributed by atoms with Crippen molar-refractivity contribution in [3.63, 3.8) is 0 Å². The highest BCUT2D eigenvalue weighted by molar-refractivity contribution is 5.85. The van der Waals surface area contributed by atoms with Crippen LogP contribution in [0.2, 0.25) is 0 Å². The molecule has 0 heterocycles. The molecule has 1 fully saturated rings. The van der Waals surface area contributed by atoms with Crippen LogP contribution in [0.5, 0.6) is 0 Å². The van der Waals surface area contributed by atoms with Gasteiger partial charge in [0.25, 0.3) is 0 Å². The molecule has 16 heavy (non-hydrogen) atoms. The van der Waals surface area contributed by atoms with Gasteiger partial charge in [-0.1, -0.05) is 19.1 Å². The van der Waals surface area contributed by atoms with E-state index >= 15 is 0 Å². The Hall–Kier alpha value is -0.730. The first-order valence-corrected chi connectivity index (χ1v) is 5.84. The summed E-state index contributed by atoms with van der Waals surface area (Å²) >= 11 is 0. The van der Waals surface area contributed by atoms with E-state index in [0.717, 1.165) is 24.7 Å². The van der Waals surface area contributed by atoms with Crippen LogP contribution < -0.4 is 5.73 Å². The van der Waals surface area contributed by atoms with Crippen LogP contribution in [0.15, 0.2) is 24.3 Å². The van der Waals surface area contributed by atoms with Crippen LogP contribution >= 0.6 is 12.4 Å². The van der Waals surface area contributed by atoms with Crippen molar-refractivity contribution in [2.24, 2.45) is 5.92 Å². The van der Waals surface area contributed by atoms with E-state index in [-0.39, 0.29) is 12.4 Å². The summed E-state index contributed by atoms with van der Waals surface area (Å²) in [6, 6.07) is 8.22. The normalized spacial score (nSPS) is 14.9. The molecular weight excluding hydrogens is 220 g/mol. The first-order valence-electron chi connectivity index (χ1n) is 5.84. The lowest BCUT2D eigenvalue weighted by atomic mass is 10.2. The van der Waals surface area contributed by atoms with Crippen LogP contribution in [0.3, 0.4) is 0 Å². The minimum atomic E-state index is 0. The fraction of sp³-hybridized carbons (Fsp3) is 0.538. The molecule has 0 aliphatic heterocycles. The maximum atomic E-state index is 5.77. The third-order valence-corrected chi connectivity index (χ3v) is 3.02. The largest absolute Gasteiger partial charge is 0.399 e. The van der Waals surface area contributed by atoms with Gasteiger partial charge in [0, 0.05) is 18.8 Å². The predicted molar refractivity (Wildman–Crippen MR) is 71.8 cm³/mol. The number of nitrogens with two attached hydrogens (primary N) is 1. The van der Waals surface area contributed by atoms with Crippen molar-refractivity contribution in [2.45, 2.75) is 26.3 Å². The van der Waals surface area contributed by atoms with E-state index < -0.39 is 0 Å². The van der Waals surface area contributed by atoms with Gasteiger partial charge in [-0.25, -0.2) is 0 Å². The fourth-order valence-corrected chi connectivity index (χ4v) is 1.92. The first kappa shape index (κ1) is 13.3. The molecule has 0 saturated heterocycles.